The Labute approximate surface area is 117 Å². The van der Waals surface area contributed by atoms with Crippen molar-refractivity contribution in [2.24, 2.45) is 0 Å². The Hall–Kier alpha value is -1.80. The number of nitrogens with one attached hydrogen (secondary N) is 1. The van der Waals surface area contributed by atoms with Crippen LogP contribution >= 0.6 is 11.6 Å². The summed E-state index contributed by atoms with van der Waals surface area (Å²) < 4.78 is 0. The number of rotatable bonds is 3. The van der Waals surface area contributed by atoms with Gasteiger partial charge in [-0.2, -0.15) is 5.10 Å². The SMILES string of the molecule is OC[C@@H](O)[C@@H](O)c1[nH]nc2nc3ccc(Cl)cc3nc12. The zero-order valence-corrected chi connectivity index (χ0v) is 10.9. The summed E-state index contributed by atoms with van der Waals surface area (Å²) in [5, 5.41) is 35.4. The van der Waals surface area contributed by atoms with E-state index in [4.69, 9.17) is 16.7 Å². The number of nitrogens with zero attached hydrogens (tertiary/aromatic N) is 3. The quantitative estimate of drug-likeness (QED) is 0.560. The van der Waals surface area contributed by atoms with E-state index in [0.29, 0.717) is 27.2 Å². The highest BCUT2D eigenvalue weighted by Gasteiger charge is 2.23. The van der Waals surface area contributed by atoms with Gasteiger partial charge < -0.3 is 15.3 Å². The highest BCUT2D eigenvalue weighted by Crippen LogP contribution is 2.24. The van der Waals surface area contributed by atoms with E-state index in [1.165, 1.54) is 0 Å². The Morgan fingerprint density at radius 1 is 1.20 bits per heavy atom. The van der Waals surface area contributed by atoms with Crippen LogP contribution < -0.4 is 0 Å². The highest BCUT2D eigenvalue weighted by atomic mass is 35.5. The molecule has 104 valence electrons. The van der Waals surface area contributed by atoms with Crippen LogP contribution in [-0.2, 0) is 0 Å². The lowest BCUT2D eigenvalue weighted by molar-refractivity contribution is -0.0167. The van der Waals surface area contributed by atoms with Gasteiger partial charge in [0, 0.05) is 5.02 Å². The molecule has 3 rings (SSSR count). The molecule has 2 aromatic heterocycles. The lowest BCUT2D eigenvalue weighted by atomic mass is 10.1. The first-order valence-corrected chi connectivity index (χ1v) is 6.26. The van der Waals surface area contributed by atoms with Crippen molar-refractivity contribution in [3.8, 4) is 0 Å². The van der Waals surface area contributed by atoms with E-state index in [-0.39, 0.29) is 5.69 Å². The monoisotopic (exact) mass is 294 g/mol. The van der Waals surface area contributed by atoms with Crippen LogP contribution in [0, 0.1) is 0 Å². The number of benzene rings is 1. The number of aliphatic hydroxyl groups is 3. The molecular weight excluding hydrogens is 284 g/mol. The third-order valence-electron chi connectivity index (χ3n) is 2.99. The first-order chi connectivity index (χ1) is 9.60. The van der Waals surface area contributed by atoms with Crippen molar-refractivity contribution in [1.82, 2.24) is 20.2 Å². The minimum absolute atomic E-state index is 0.205. The molecule has 0 aliphatic rings. The van der Waals surface area contributed by atoms with Gasteiger partial charge in [-0.05, 0) is 18.2 Å². The van der Waals surface area contributed by atoms with Gasteiger partial charge in [-0.15, -0.1) is 0 Å². The molecule has 0 aliphatic carbocycles. The topological polar surface area (TPSA) is 115 Å². The molecule has 7 nitrogen and oxygen atoms in total. The minimum Gasteiger partial charge on any atom is -0.394 e. The number of hydrogen-bond acceptors (Lipinski definition) is 6. The number of H-pyrrole nitrogens is 1. The summed E-state index contributed by atoms with van der Waals surface area (Å²) in [4.78, 5) is 8.63. The maximum absolute atomic E-state index is 9.93. The van der Waals surface area contributed by atoms with Gasteiger partial charge in [-0.25, -0.2) is 9.97 Å². The molecule has 0 bridgehead atoms. The molecule has 1 aromatic carbocycles. The molecule has 2 heterocycles. The van der Waals surface area contributed by atoms with Crippen LogP contribution in [0.5, 0.6) is 0 Å². The molecule has 20 heavy (non-hydrogen) atoms. The number of aromatic amines is 1. The van der Waals surface area contributed by atoms with E-state index in [9.17, 15) is 10.2 Å². The van der Waals surface area contributed by atoms with Crippen LogP contribution in [0.15, 0.2) is 18.2 Å². The largest absolute Gasteiger partial charge is 0.394 e. The van der Waals surface area contributed by atoms with E-state index in [1.807, 2.05) is 0 Å². The zero-order valence-electron chi connectivity index (χ0n) is 10.2. The number of hydrogen-bond donors (Lipinski definition) is 4. The Morgan fingerprint density at radius 2 is 2.00 bits per heavy atom. The van der Waals surface area contributed by atoms with Crippen LogP contribution in [0.4, 0.5) is 0 Å². The lowest BCUT2D eigenvalue weighted by Crippen LogP contribution is -2.22. The molecule has 0 spiro atoms. The molecule has 2 atom stereocenters. The third kappa shape index (κ3) is 2.10. The van der Waals surface area contributed by atoms with Crippen molar-refractivity contribution < 1.29 is 15.3 Å². The fraction of sp³-hybridized carbons (Fsp3) is 0.250. The van der Waals surface area contributed by atoms with Crippen molar-refractivity contribution in [2.45, 2.75) is 12.2 Å². The summed E-state index contributed by atoms with van der Waals surface area (Å²) in [6.07, 6.45) is -2.65. The predicted molar refractivity (Wildman–Crippen MR) is 72.3 cm³/mol. The molecule has 0 saturated heterocycles. The summed E-state index contributed by atoms with van der Waals surface area (Å²) in [6.45, 7) is -0.575. The van der Waals surface area contributed by atoms with Gasteiger partial charge in [-0.3, -0.25) is 5.10 Å². The molecule has 0 fully saturated rings. The molecule has 8 heteroatoms. The maximum atomic E-state index is 9.93. The van der Waals surface area contributed by atoms with E-state index < -0.39 is 18.8 Å². The number of aromatic nitrogens is 4. The maximum Gasteiger partial charge on any atom is 0.200 e. The standard InChI is InChI=1S/C12H11ClN4O3/c13-5-1-2-6-7(3-5)14-10-9(11(20)8(19)4-18)16-17-12(10)15-6/h1-3,8,11,18-20H,4H2,(H,15,16,17)/t8-,11-/m1/s1. The van der Waals surface area contributed by atoms with Gasteiger partial charge in [0.25, 0.3) is 0 Å². The average Bonchev–Trinajstić information content (AvgIpc) is 2.85. The smallest absolute Gasteiger partial charge is 0.200 e. The van der Waals surface area contributed by atoms with Crippen LogP contribution in [-0.4, -0.2) is 48.2 Å². The molecule has 3 aromatic rings. The lowest BCUT2D eigenvalue weighted by Gasteiger charge is -2.13. The van der Waals surface area contributed by atoms with Gasteiger partial charge in [0.05, 0.1) is 23.3 Å². The van der Waals surface area contributed by atoms with E-state index >= 15 is 0 Å². The highest BCUT2D eigenvalue weighted by molar-refractivity contribution is 6.31. The first kappa shape index (κ1) is 13.2. The zero-order chi connectivity index (χ0) is 14.3. The Bertz CT molecular complexity index is 776. The summed E-state index contributed by atoms with van der Waals surface area (Å²) in [5.41, 5.74) is 2.03. The second-order valence-electron chi connectivity index (χ2n) is 4.36. The predicted octanol–water partition coefficient (Wildman–Crippen LogP) is 0.546. The third-order valence-corrected chi connectivity index (χ3v) is 3.23. The Morgan fingerprint density at radius 3 is 2.75 bits per heavy atom. The van der Waals surface area contributed by atoms with Gasteiger partial charge >= 0.3 is 0 Å². The van der Waals surface area contributed by atoms with Crippen molar-refractivity contribution in [1.29, 1.82) is 0 Å². The molecule has 0 unspecified atom stereocenters. The summed E-state index contributed by atoms with van der Waals surface area (Å²) in [6, 6.07) is 5.06. The van der Waals surface area contributed by atoms with E-state index in [2.05, 4.69) is 20.2 Å². The second-order valence-corrected chi connectivity index (χ2v) is 4.80. The number of halogens is 1. The second kappa shape index (κ2) is 4.95. The van der Waals surface area contributed by atoms with Crippen molar-refractivity contribution >= 4 is 33.8 Å². The van der Waals surface area contributed by atoms with Crippen molar-refractivity contribution in [3.05, 3.63) is 28.9 Å². The van der Waals surface area contributed by atoms with Crippen LogP contribution in [0.3, 0.4) is 0 Å². The van der Waals surface area contributed by atoms with Crippen LogP contribution in [0.2, 0.25) is 5.02 Å². The number of fused-ring (bicyclic) bond motifs is 2. The van der Waals surface area contributed by atoms with Gasteiger partial charge in [0.1, 0.15) is 17.7 Å². The molecule has 0 radical (unpaired) electrons. The van der Waals surface area contributed by atoms with Crippen molar-refractivity contribution in [3.63, 3.8) is 0 Å². The van der Waals surface area contributed by atoms with E-state index in [1.54, 1.807) is 18.2 Å². The van der Waals surface area contributed by atoms with Gasteiger partial charge in [0.15, 0.2) is 0 Å². The molecule has 0 saturated carbocycles. The van der Waals surface area contributed by atoms with Crippen LogP contribution in [0.25, 0.3) is 22.2 Å². The summed E-state index contributed by atoms with van der Waals surface area (Å²) >= 11 is 5.91. The van der Waals surface area contributed by atoms with Gasteiger partial charge in [0.2, 0.25) is 5.65 Å². The fourth-order valence-corrected chi connectivity index (χ4v) is 2.11. The van der Waals surface area contributed by atoms with Gasteiger partial charge in [-0.1, -0.05) is 11.6 Å². The minimum atomic E-state index is -1.32. The molecular formula is C12H11ClN4O3. The van der Waals surface area contributed by atoms with Crippen molar-refractivity contribution in [2.75, 3.05) is 6.61 Å². The average molecular weight is 295 g/mol. The molecule has 0 aliphatic heterocycles. The fourth-order valence-electron chi connectivity index (χ4n) is 1.94. The molecule has 0 amide bonds. The normalized spacial score (nSPS) is 14.8. The Kier molecular flexibility index (Phi) is 3.27. The summed E-state index contributed by atoms with van der Waals surface area (Å²) in [7, 11) is 0. The Balaban J connectivity index is 2.20. The summed E-state index contributed by atoms with van der Waals surface area (Å²) in [5.74, 6) is 0. The number of aliphatic hydroxyl groups excluding tert-OH is 3. The van der Waals surface area contributed by atoms with E-state index in [0.717, 1.165) is 0 Å². The first-order valence-electron chi connectivity index (χ1n) is 5.88. The van der Waals surface area contributed by atoms with Crippen LogP contribution in [0.1, 0.15) is 11.8 Å². The molecule has 4 N–H and O–H groups in total.